The van der Waals surface area contributed by atoms with Gasteiger partial charge in [-0.15, -0.1) is 0 Å². The number of aryl methyl sites for hydroxylation is 1. The maximum atomic E-state index is 12.8. The second kappa shape index (κ2) is 7.68. The number of aromatic nitrogens is 1. The van der Waals surface area contributed by atoms with Crippen LogP contribution < -0.4 is 4.90 Å². The van der Waals surface area contributed by atoms with Crippen molar-refractivity contribution in [2.45, 2.75) is 13.8 Å². The van der Waals surface area contributed by atoms with Gasteiger partial charge in [0.05, 0.1) is 16.2 Å². The molecule has 0 radical (unpaired) electrons. The number of carboxylic acids is 1. The zero-order chi connectivity index (χ0) is 21.4. The van der Waals surface area contributed by atoms with Gasteiger partial charge in [-0.2, -0.15) is 0 Å². The highest BCUT2D eigenvalue weighted by molar-refractivity contribution is 8.19. The Bertz CT molecular complexity index is 1190. The fourth-order valence-corrected chi connectivity index (χ4v) is 4.32. The quantitative estimate of drug-likeness (QED) is 0.601. The standard InChI is InChI=1S/C23H18N2O4S/c1-14-12-17(15(2)24(14)19-10-8-16(9-11-19)22(27)28)13-20-21(26)25(23(29)30-20)18-6-4-3-5-7-18/h3-13H,1-2H3,(H,27,28)/b20-13-. The predicted octanol–water partition coefficient (Wildman–Crippen LogP) is 5.03. The Labute approximate surface area is 177 Å². The van der Waals surface area contributed by atoms with E-state index in [1.807, 2.05) is 30.5 Å². The van der Waals surface area contributed by atoms with Gasteiger partial charge in [0.1, 0.15) is 0 Å². The second-order valence-corrected chi connectivity index (χ2v) is 7.86. The van der Waals surface area contributed by atoms with Crippen LogP contribution in [0.25, 0.3) is 11.8 Å². The lowest BCUT2D eigenvalue weighted by Crippen LogP contribution is -2.27. The van der Waals surface area contributed by atoms with Gasteiger partial charge in [0.2, 0.25) is 0 Å². The molecule has 1 aliphatic rings. The number of nitrogens with zero attached hydrogens (tertiary/aromatic N) is 2. The number of anilines is 1. The molecular weight excluding hydrogens is 400 g/mol. The molecule has 0 aliphatic carbocycles. The molecule has 1 N–H and O–H groups in total. The van der Waals surface area contributed by atoms with Crippen molar-refractivity contribution in [1.82, 2.24) is 4.57 Å². The molecule has 4 rings (SSSR count). The third-order valence-electron chi connectivity index (χ3n) is 4.94. The van der Waals surface area contributed by atoms with Crippen molar-refractivity contribution in [3.05, 3.63) is 88.1 Å². The van der Waals surface area contributed by atoms with Crippen molar-refractivity contribution < 1.29 is 19.5 Å². The molecule has 1 aliphatic heterocycles. The van der Waals surface area contributed by atoms with Crippen LogP contribution in [0.2, 0.25) is 0 Å². The largest absolute Gasteiger partial charge is 0.478 e. The Morgan fingerprint density at radius 3 is 2.27 bits per heavy atom. The van der Waals surface area contributed by atoms with Gasteiger partial charge >= 0.3 is 5.97 Å². The highest BCUT2D eigenvalue weighted by Crippen LogP contribution is 2.36. The van der Waals surface area contributed by atoms with E-state index in [0.717, 1.165) is 34.4 Å². The average molecular weight is 418 g/mol. The Kier molecular flexibility index (Phi) is 5.05. The van der Waals surface area contributed by atoms with Gasteiger partial charge in [0, 0.05) is 17.1 Å². The molecule has 1 fully saturated rings. The molecule has 150 valence electrons. The van der Waals surface area contributed by atoms with E-state index < -0.39 is 5.97 Å². The van der Waals surface area contributed by atoms with E-state index in [1.54, 1.807) is 54.6 Å². The number of thioether (sulfide) groups is 1. The molecule has 2 aromatic carbocycles. The molecular formula is C23H18N2O4S. The lowest BCUT2D eigenvalue weighted by Gasteiger charge is -2.11. The average Bonchev–Trinajstić information content (AvgIpc) is 3.17. The van der Waals surface area contributed by atoms with Gasteiger partial charge in [0.15, 0.2) is 0 Å². The number of imide groups is 1. The van der Waals surface area contributed by atoms with E-state index >= 15 is 0 Å². The van der Waals surface area contributed by atoms with Gasteiger partial charge in [-0.25, -0.2) is 9.69 Å². The molecule has 7 heteroatoms. The SMILES string of the molecule is Cc1cc(/C=C2\SC(=O)N(c3ccccc3)C2=O)c(C)n1-c1ccc(C(=O)O)cc1. The van der Waals surface area contributed by atoms with Gasteiger partial charge < -0.3 is 9.67 Å². The topological polar surface area (TPSA) is 79.6 Å². The highest BCUT2D eigenvalue weighted by atomic mass is 32.2. The summed E-state index contributed by atoms with van der Waals surface area (Å²) in [6.07, 6.45) is 1.73. The van der Waals surface area contributed by atoms with E-state index in [2.05, 4.69) is 0 Å². The van der Waals surface area contributed by atoms with Crippen molar-refractivity contribution in [3.63, 3.8) is 0 Å². The van der Waals surface area contributed by atoms with Crippen LogP contribution in [0.15, 0.2) is 65.6 Å². The molecule has 3 aromatic rings. The molecule has 6 nitrogen and oxygen atoms in total. The Morgan fingerprint density at radius 2 is 1.63 bits per heavy atom. The number of carbonyl (C=O) groups excluding carboxylic acids is 2. The van der Waals surface area contributed by atoms with Gasteiger partial charge in [0.25, 0.3) is 11.1 Å². The number of aromatic carboxylic acids is 1. The van der Waals surface area contributed by atoms with Crippen molar-refractivity contribution in [1.29, 1.82) is 0 Å². The molecule has 0 atom stereocenters. The number of rotatable bonds is 4. The number of hydrogen-bond donors (Lipinski definition) is 1. The summed E-state index contributed by atoms with van der Waals surface area (Å²) in [6.45, 7) is 3.86. The van der Waals surface area contributed by atoms with E-state index in [1.165, 1.54) is 4.90 Å². The van der Waals surface area contributed by atoms with Crippen molar-refractivity contribution in [2.24, 2.45) is 0 Å². The van der Waals surface area contributed by atoms with Crippen LogP contribution in [-0.4, -0.2) is 26.8 Å². The summed E-state index contributed by atoms with van der Waals surface area (Å²) >= 11 is 0.920. The van der Waals surface area contributed by atoms with E-state index in [9.17, 15) is 14.4 Å². The summed E-state index contributed by atoms with van der Waals surface area (Å²) in [5, 5.41) is 8.77. The first-order valence-corrected chi connectivity index (χ1v) is 10.0. The number of benzene rings is 2. The van der Waals surface area contributed by atoms with Crippen LogP contribution in [-0.2, 0) is 4.79 Å². The molecule has 30 heavy (non-hydrogen) atoms. The molecule has 2 heterocycles. The third-order valence-corrected chi connectivity index (χ3v) is 5.81. The lowest BCUT2D eigenvalue weighted by atomic mass is 10.2. The van der Waals surface area contributed by atoms with Gasteiger partial charge in [-0.1, -0.05) is 18.2 Å². The molecule has 0 unspecified atom stereocenters. The summed E-state index contributed by atoms with van der Waals surface area (Å²) in [7, 11) is 0. The lowest BCUT2D eigenvalue weighted by molar-refractivity contribution is -0.113. The van der Waals surface area contributed by atoms with Crippen LogP contribution >= 0.6 is 11.8 Å². The first kappa shape index (κ1) is 19.7. The van der Waals surface area contributed by atoms with Crippen molar-refractivity contribution >= 4 is 40.6 Å². The minimum Gasteiger partial charge on any atom is -0.478 e. The minimum atomic E-state index is -0.975. The van der Waals surface area contributed by atoms with Crippen LogP contribution in [0.4, 0.5) is 10.5 Å². The summed E-state index contributed by atoms with van der Waals surface area (Å²) in [5.41, 5.74) is 4.25. The van der Waals surface area contributed by atoms with Gasteiger partial charge in [-0.05, 0) is 79.7 Å². The first-order valence-electron chi connectivity index (χ1n) is 9.22. The number of amides is 2. The van der Waals surface area contributed by atoms with Crippen LogP contribution in [0, 0.1) is 13.8 Å². The Hall–Kier alpha value is -3.58. The zero-order valence-electron chi connectivity index (χ0n) is 16.3. The van der Waals surface area contributed by atoms with Crippen LogP contribution in [0.1, 0.15) is 27.3 Å². The molecule has 1 aromatic heterocycles. The van der Waals surface area contributed by atoms with E-state index in [4.69, 9.17) is 5.11 Å². The van der Waals surface area contributed by atoms with Crippen LogP contribution in [0.5, 0.6) is 0 Å². The normalized spacial score (nSPS) is 15.3. The summed E-state index contributed by atoms with van der Waals surface area (Å²) < 4.78 is 1.99. The number of carboxylic acid groups (broad SMARTS) is 1. The predicted molar refractivity (Wildman–Crippen MR) is 117 cm³/mol. The first-order chi connectivity index (χ1) is 14.4. The molecule has 0 bridgehead atoms. The fourth-order valence-electron chi connectivity index (χ4n) is 3.49. The third kappa shape index (κ3) is 3.44. The Morgan fingerprint density at radius 1 is 0.967 bits per heavy atom. The molecule has 0 saturated carbocycles. The summed E-state index contributed by atoms with van der Waals surface area (Å²) in [6, 6.07) is 17.4. The number of carbonyl (C=O) groups is 3. The van der Waals surface area contributed by atoms with Gasteiger partial charge in [-0.3, -0.25) is 9.59 Å². The van der Waals surface area contributed by atoms with E-state index in [-0.39, 0.29) is 16.7 Å². The molecule has 2 amide bonds. The number of hydrogen-bond acceptors (Lipinski definition) is 4. The maximum absolute atomic E-state index is 12.8. The highest BCUT2D eigenvalue weighted by Gasteiger charge is 2.36. The fraction of sp³-hybridized carbons (Fsp3) is 0.0870. The second-order valence-electron chi connectivity index (χ2n) is 6.87. The smallest absolute Gasteiger partial charge is 0.335 e. The van der Waals surface area contributed by atoms with Crippen molar-refractivity contribution in [2.75, 3.05) is 4.90 Å². The zero-order valence-corrected chi connectivity index (χ0v) is 17.1. The molecule has 0 spiro atoms. The molecule has 1 saturated heterocycles. The Balaban J connectivity index is 1.68. The monoisotopic (exact) mass is 418 g/mol. The minimum absolute atomic E-state index is 0.219. The maximum Gasteiger partial charge on any atom is 0.335 e. The summed E-state index contributed by atoms with van der Waals surface area (Å²) in [5.74, 6) is -1.32. The number of para-hydroxylation sites is 1. The van der Waals surface area contributed by atoms with Crippen LogP contribution in [0.3, 0.4) is 0 Å². The van der Waals surface area contributed by atoms with E-state index in [0.29, 0.717) is 10.6 Å². The van der Waals surface area contributed by atoms with Crippen molar-refractivity contribution in [3.8, 4) is 5.69 Å². The summed E-state index contributed by atoms with van der Waals surface area (Å²) in [4.78, 5) is 37.9.